The molecule has 0 bridgehead atoms. The zero-order valence-electron chi connectivity index (χ0n) is 11.5. The first kappa shape index (κ1) is 15.6. The van der Waals surface area contributed by atoms with Crippen molar-refractivity contribution in [2.24, 2.45) is 5.73 Å². The molecule has 1 aromatic rings. The molecule has 0 aliphatic carbocycles. The molecule has 0 saturated heterocycles. The fourth-order valence-corrected chi connectivity index (χ4v) is 2.66. The SMILES string of the molecule is COc1ccc(C(N)CS(C)(=O)=O)c(OC)c1OC. The second-order valence-corrected chi connectivity index (χ2v) is 6.31. The van der Waals surface area contributed by atoms with Crippen LogP contribution in [0.15, 0.2) is 12.1 Å². The van der Waals surface area contributed by atoms with Crippen molar-refractivity contribution in [3.05, 3.63) is 17.7 Å². The summed E-state index contributed by atoms with van der Waals surface area (Å²) >= 11 is 0. The second kappa shape index (κ2) is 6.12. The van der Waals surface area contributed by atoms with Crippen molar-refractivity contribution in [1.82, 2.24) is 0 Å². The number of benzene rings is 1. The summed E-state index contributed by atoms with van der Waals surface area (Å²) in [6.07, 6.45) is 1.14. The maximum atomic E-state index is 11.3. The quantitative estimate of drug-likeness (QED) is 0.831. The van der Waals surface area contributed by atoms with Crippen LogP contribution < -0.4 is 19.9 Å². The van der Waals surface area contributed by atoms with Crippen LogP contribution >= 0.6 is 0 Å². The zero-order chi connectivity index (χ0) is 14.6. The van der Waals surface area contributed by atoms with Crippen LogP contribution in [0, 0.1) is 0 Å². The van der Waals surface area contributed by atoms with Gasteiger partial charge in [0.25, 0.3) is 0 Å². The van der Waals surface area contributed by atoms with E-state index in [9.17, 15) is 8.42 Å². The first-order valence-electron chi connectivity index (χ1n) is 5.56. The topological polar surface area (TPSA) is 87.9 Å². The highest BCUT2D eigenvalue weighted by molar-refractivity contribution is 7.90. The van der Waals surface area contributed by atoms with E-state index in [0.717, 1.165) is 6.26 Å². The largest absolute Gasteiger partial charge is 0.493 e. The summed E-state index contributed by atoms with van der Waals surface area (Å²) in [5.74, 6) is 1.11. The Balaban J connectivity index is 3.28. The summed E-state index contributed by atoms with van der Waals surface area (Å²) in [5.41, 5.74) is 6.48. The molecule has 0 radical (unpaired) electrons. The van der Waals surface area contributed by atoms with Gasteiger partial charge in [-0.25, -0.2) is 8.42 Å². The van der Waals surface area contributed by atoms with Gasteiger partial charge >= 0.3 is 0 Å². The minimum Gasteiger partial charge on any atom is -0.493 e. The lowest BCUT2D eigenvalue weighted by Gasteiger charge is -2.19. The number of ether oxygens (including phenoxy) is 3. The van der Waals surface area contributed by atoms with Gasteiger partial charge in [0, 0.05) is 17.9 Å². The van der Waals surface area contributed by atoms with Crippen LogP contribution in [0.4, 0.5) is 0 Å². The molecule has 0 spiro atoms. The van der Waals surface area contributed by atoms with E-state index < -0.39 is 15.9 Å². The number of methoxy groups -OCH3 is 3. The molecule has 1 aromatic carbocycles. The van der Waals surface area contributed by atoms with Gasteiger partial charge in [0.15, 0.2) is 11.5 Å². The summed E-state index contributed by atoms with van der Waals surface area (Å²) < 4.78 is 38.3. The number of hydrogen-bond acceptors (Lipinski definition) is 6. The number of nitrogens with two attached hydrogens (primary N) is 1. The van der Waals surface area contributed by atoms with Crippen LogP contribution in [-0.4, -0.2) is 41.8 Å². The van der Waals surface area contributed by atoms with Crippen molar-refractivity contribution in [1.29, 1.82) is 0 Å². The predicted octanol–water partition coefficient (Wildman–Crippen LogP) is 0.757. The van der Waals surface area contributed by atoms with Crippen LogP contribution in [0.2, 0.25) is 0 Å². The Bertz CT molecular complexity index is 541. The van der Waals surface area contributed by atoms with Crippen LogP contribution in [0.1, 0.15) is 11.6 Å². The molecule has 6 nitrogen and oxygen atoms in total. The van der Waals surface area contributed by atoms with Gasteiger partial charge in [0.05, 0.1) is 27.1 Å². The molecule has 108 valence electrons. The van der Waals surface area contributed by atoms with Crippen molar-refractivity contribution in [2.75, 3.05) is 33.3 Å². The molecule has 1 rings (SSSR count). The van der Waals surface area contributed by atoms with E-state index >= 15 is 0 Å². The molecule has 1 unspecified atom stereocenters. The van der Waals surface area contributed by atoms with Crippen LogP contribution in [-0.2, 0) is 9.84 Å². The molecule has 2 N–H and O–H groups in total. The van der Waals surface area contributed by atoms with E-state index in [1.54, 1.807) is 12.1 Å². The van der Waals surface area contributed by atoms with Crippen molar-refractivity contribution in [2.45, 2.75) is 6.04 Å². The van der Waals surface area contributed by atoms with E-state index in [-0.39, 0.29) is 5.75 Å². The summed E-state index contributed by atoms with van der Waals surface area (Å²) in [5, 5.41) is 0. The van der Waals surface area contributed by atoms with E-state index in [1.807, 2.05) is 0 Å². The minimum atomic E-state index is -3.18. The van der Waals surface area contributed by atoms with Crippen LogP contribution in [0.3, 0.4) is 0 Å². The maximum absolute atomic E-state index is 11.3. The lowest BCUT2D eigenvalue weighted by molar-refractivity contribution is 0.321. The third kappa shape index (κ3) is 3.74. The molecule has 0 saturated carbocycles. The molecule has 7 heteroatoms. The Labute approximate surface area is 113 Å². The standard InChI is InChI=1S/C12H19NO5S/c1-16-10-6-5-8(9(13)7-19(4,14)15)11(17-2)12(10)18-3/h5-6,9H,7,13H2,1-4H3. The van der Waals surface area contributed by atoms with Crippen LogP contribution in [0.25, 0.3) is 0 Å². The van der Waals surface area contributed by atoms with Gasteiger partial charge in [-0.15, -0.1) is 0 Å². The minimum absolute atomic E-state index is 0.168. The van der Waals surface area contributed by atoms with Crippen molar-refractivity contribution in [3.63, 3.8) is 0 Å². The van der Waals surface area contributed by atoms with E-state index in [4.69, 9.17) is 19.9 Å². The predicted molar refractivity (Wildman–Crippen MR) is 72.7 cm³/mol. The first-order chi connectivity index (χ1) is 8.84. The van der Waals surface area contributed by atoms with Gasteiger partial charge in [0.2, 0.25) is 5.75 Å². The van der Waals surface area contributed by atoms with Crippen molar-refractivity contribution in [3.8, 4) is 17.2 Å². The molecule has 0 aromatic heterocycles. The Hall–Kier alpha value is -1.47. The lowest BCUT2D eigenvalue weighted by atomic mass is 10.1. The Morgan fingerprint density at radius 1 is 1.11 bits per heavy atom. The van der Waals surface area contributed by atoms with Gasteiger partial charge in [-0.3, -0.25) is 0 Å². The van der Waals surface area contributed by atoms with Gasteiger partial charge < -0.3 is 19.9 Å². The highest BCUT2D eigenvalue weighted by Crippen LogP contribution is 2.41. The fraction of sp³-hybridized carbons (Fsp3) is 0.500. The molecule has 0 fully saturated rings. The number of sulfone groups is 1. The molecular weight excluding hydrogens is 270 g/mol. The highest BCUT2D eigenvalue weighted by Gasteiger charge is 2.22. The summed E-state index contributed by atoms with van der Waals surface area (Å²) in [6.45, 7) is 0. The van der Waals surface area contributed by atoms with Gasteiger partial charge in [-0.1, -0.05) is 0 Å². The normalized spacial score (nSPS) is 12.9. The number of hydrogen-bond donors (Lipinski definition) is 1. The van der Waals surface area contributed by atoms with Crippen molar-refractivity contribution >= 4 is 9.84 Å². The summed E-state index contributed by atoms with van der Waals surface area (Å²) in [4.78, 5) is 0. The maximum Gasteiger partial charge on any atom is 0.203 e. The summed E-state index contributed by atoms with van der Waals surface area (Å²) in [6, 6.07) is 2.65. The molecular formula is C12H19NO5S. The molecule has 19 heavy (non-hydrogen) atoms. The van der Waals surface area contributed by atoms with Crippen molar-refractivity contribution < 1.29 is 22.6 Å². The average molecular weight is 289 g/mol. The molecule has 0 amide bonds. The first-order valence-corrected chi connectivity index (χ1v) is 7.62. The van der Waals surface area contributed by atoms with Gasteiger partial charge in [-0.2, -0.15) is 0 Å². The van der Waals surface area contributed by atoms with E-state index in [1.165, 1.54) is 21.3 Å². The second-order valence-electron chi connectivity index (χ2n) is 4.12. The van der Waals surface area contributed by atoms with Crippen LogP contribution in [0.5, 0.6) is 17.2 Å². The van der Waals surface area contributed by atoms with E-state index in [0.29, 0.717) is 22.8 Å². The smallest absolute Gasteiger partial charge is 0.203 e. The van der Waals surface area contributed by atoms with Gasteiger partial charge in [0.1, 0.15) is 9.84 Å². The average Bonchev–Trinajstić information content (AvgIpc) is 2.34. The third-order valence-corrected chi connectivity index (χ3v) is 3.58. The number of rotatable bonds is 6. The monoisotopic (exact) mass is 289 g/mol. The zero-order valence-corrected chi connectivity index (χ0v) is 12.3. The Kier molecular flexibility index (Phi) is 5.02. The molecule has 0 aliphatic rings. The lowest BCUT2D eigenvalue weighted by Crippen LogP contribution is -2.21. The third-order valence-electron chi connectivity index (χ3n) is 2.62. The fourth-order valence-electron chi connectivity index (χ4n) is 1.83. The summed E-state index contributed by atoms with van der Waals surface area (Å²) in [7, 11) is 1.27. The molecule has 1 atom stereocenters. The molecule has 0 aliphatic heterocycles. The highest BCUT2D eigenvalue weighted by atomic mass is 32.2. The Morgan fingerprint density at radius 2 is 1.68 bits per heavy atom. The Morgan fingerprint density at radius 3 is 2.11 bits per heavy atom. The molecule has 0 heterocycles. The van der Waals surface area contributed by atoms with Gasteiger partial charge in [-0.05, 0) is 12.1 Å². The van der Waals surface area contributed by atoms with E-state index in [2.05, 4.69) is 0 Å².